The van der Waals surface area contributed by atoms with Gasteiger partial charge in [0.2, 0.25) is 0 Å². The van der Waals surface area contributed by atoms with Gasteiger partial charge in [-0.2, -0.15) is 0 Å². The van der Waals surface area contributed by atoms with E-state index in [4.69, 9.17) is 5.11 Å². The minimum absolute atomic E-state index is 0. The molecule has 0 bridgehead atoms. The van der Waals surface area contributed by atoms with Crippen molar-refractivity contribution in [3.63, 3.8) is 0 Å². The Kier molecular flexibility index (Phi) is 6.10. The number of hydrogen-bond donors (Lipinski definition) is 2. The smallest absolute Gasteiger partial charge is 0.376 e. The average molecular weight is 344 g/mol. The maximum atomic E-state index is 12.8. The summed E-state index contributed by atoms with van der Waals surface area (Å²) in [5.74, 6) is -3.63. The molecule has 2 aromatic rings. The number of aliphatic hydroxyl groups excluding tert-OH is 1. The van der Waals surface area contributed by atoms with Gasteiger partial charge in [0.05, 0.1) is 5.69 Å². The van der Waals surface area contributed by atoms with Crippen LogP contribution in [0, 0.1) is 5.82 Å². The van der Waals surface area contributed by atoms with Crippen molar-refractivity contribution in [3.05, 3.63) is 65.7 Å². The zero-order valence-corrected chi connectivity index (χ0v) is 12.4. The maximum absolute atomic E-state index is 12.8. The molecule has 0 saturated heterocycles. The van der Waals surface area contributed by atoms with E-state index in [2.05, 4.69) is 0 Å². The molecule has 115 valence electrons. The van der Waals surface area contributed by atoms with Gasteiger partial charge in [-0.05, 0) is 29.8 Å². The molecule has 0 unspecified atom stereocenters. The molecule has 1 radical (unpaired) electrons. The number of hydrogen-bond acceptors (Lipinski definition) is 3. The molecule has 1 aromatic heterocycles. The van der Waals surface area contributed by atoms with E-state index in [0.29, 0.717) is 18.3 Å². The summed E-state index contributed by atoms with van der Waals surface area (Å²) in [6.45, 7) is 0.349. The SMILES string of the molecule is O=C(O)C(=O)/C=C(\O)c1cccn1Cc1ccc(F)cc1.[Mn]. The Labute approximate surface area is 136 Å². The summed E-state index contributed by atoms with van der Waals surface area (Å²) in [6, 6.07) is 9.04. The van der Waals surface area contributed by atoms with Crippen LogP contribution in [0.15, 0.2) is 48.7 Å². The van der Waals surface area contributed by atoms with Crippen LogP contribution in [-0.2, 0) is 33.2 Å². The number of ketones is 1. The molecule has 0 saturated carbocycles. The van der Waals surface area contributed by atoms with Crippen LogP contribution in [0.25, 0.3) is 5.76 Å². The molecule has 22 heavy (non-hydrogen) atoms. The summed E-state index contributed by atoms with van der Waals surface area (Å²) in [5.41, 5.74) is 1.10. The van der Waals surface area contributed by atoms with Crippen molar-refractivity contribution in [2.45, 2.75) is 6.54 Å². The third kappa shape index (κ3) is 4.31. The number of rotatable bonds is 5. The van der Waals surface area contributed by atoms with E-state index in [0.717, 1.165) is 5.56 Å². The van der Waals surface area contributed by atoms with E-state index in [1.54, 1.807) is 35.0 Å². The molecule has 7 heteroatoms. The summed E-state index contributed by atoms with van der Waals surface area (Å²) in [4.78, 5) is 21.5. The molecule has 2 N–H and O–H groups in total. The van der Waals surface area contributed by atoms with Crippen LogP contribution in [0.5, 0.6) is 0 Å². The second-order valence-corrected chi connectivity index (χ2v) is 4.35. The van der Waals surface area contributed by atoms with E-state index in [1.165, 1.54) is 12.1 Å². The molecule has 0 aliphatic rings. The molecule has 0 fully saturated rings. The molecule has 0 atom stereocenters. The quantitative estimate of drug-likeness (QED) is 0.377. The average Bonchev–Trinajstić information content (AvgIpc) is 2.89. The van der Waals surface area contributed by atoms with Crippen molar-refractivity contribution in [1.82, 2.24) is 4.57 Å². The Hall–Kier alpha value is -2.37. The number of aliphatic carboxylic acids is 1. The summed E-state index contributed by atoms with van der Waals surface area (Å²) < 4.78 is 14.5. The first kappa shape index (κ1) is 17.7. The van der Waals surface area contributed by atoms with Crippen molar-refractivity contribution in [3.8, 4) is 0 Å². The molecule has 1 aromatic carbocycles. The van der Waals surface area contributed by atoms with Gasteiger partial charge in [-0.25, -0.2) is 9.18 Å². The van der Waals surface area contributed by atoms with E-state index >= 15 is 0 Å². The summed E-state index contributed by atoms with van der Waals surface area (Å²) in [6.07, 6.45) is 2.31. The maximum Gasteiger partial charge on any atom is 0.376 e. The summed E-state index contributed by atoms with van der Waals surface area (Å²) in [7, 11) is 0. The van der Waals surface area contributed by atoms with Gasteiger partial charge in [0, 0.05) is 35.9 Å². The third-order valence-corrected chi connectivity index (χ3v) is 2.84. The van der Waals surface area contributed by atoms with Crippen LogP contribution < -0.4 is 0 Å². The van der Waals surface area contributed by atoms with Crippen molar-refractivity contribution in [1.29, 1.82) is 0 Å². The van der Waals surface area contributed by atoms with Crippen molar-refractivity contribution >= 4 is 17.5 Å². The van der Waals surface area contributed by atoms with Crippen LogP contribution >= 0.6 is 0 Å². The number of carboxylic acid groups (broad SMARTS) is 1. The largest absolute Gasteiger partial charge is 0.506 e. The van der Waals surface area contributed by atoms with Crippen LogP contribution in [0.1, 0.15) is 11.3 Å². The van der Waals surface area contributed by atoms with Crippen LogP contribution in [0.4, 0.5) is 4.39 Å². The Morgan fingerprint density at radius 2 is 1.77 bits per heavy atom. The summed E-state index contributed by atoms with van der Waals surface area (Å²) >= 11 is 0. The van der Waals surface area contributed by atoms with Crippen LogP contribution in [-0.4, -0.2) is 26.5 Å². The fraction of sp³-hybridized carbons (Fsp3) is 0.0667. The van der Waals surface area contributed by atoms with Gasteiger partial charge in [-0.3, -0.25) is 4.79 Å². The zero-order valence-electron chi connectivity index (χ0n) is 11.2. The minimum atomic E-state index is -1.64. The number of halogens is 1. The first-order chi connectivity index (χ1) is 9.97. The predicted octanol–water partition coefficient (Wildman–Crippen LogP) is 2.23. The molecule has 5 nitrogen and oxygen atoms in total. The number of nitrogens with zero attached hydrogens (tertiary/aromatic N) is 1. The molecular weight excluding hydrogens is 332 g/mol. The van der Waals surface area contributed by atoms with Gasteiger partial charge in [0.1, 0.15) is 11.6 Å². The van der Waals surface area contributed by atoms with Crippen LogP contribution in [0.2, 0.25) is 0 Å². The summed E-state index contributed by atoms with van der Waals surface area (Å²) in [5, 5.41) is 18.3. The molecular formula is C15H12FMnNO4. The molecule has 0 spiro atoms. The Morgan fingerprint density at radius 1 is 1.14 bits per heavy atom. The second kappa shape index (κ2) is 7.58. The fourth-order valence-electron chi connectivity index (χ4n) is 1.83. The normalized spacial score (nSPS) is 10.9. The van der Waals surface area contributed by atoms with E-state index in [-0.39, 0.29) is 22.9 Å². The third-order valence-electron chi connectivity index (χ3n) is 2.84. The standard InChI is InChI=1S/C15H12FNO4.Mn/c16-11-5-3-10(4-6-11)9-17-7-1-2-12(17)13(18)8-14(19)15(20)21;/h1-8,18H,9H2,(H,20,21);/b13-8-;. The second-order valence-electron chi connectivity index (χ2n) is 4.35. The van der Waals surface area contributed by atoms with Crippen molar-refractivity contribution < 1.29 is 41.3 Å². The Morgan fingerprint density at radius 3 is 2.36 bits per heavy atom. The Bertz CT molecular complexity index is 707. The van der Waals surface area contributed by atoms with Crippen molar-refractivity contribution in [2.75, 3.05) is 0 Å². The number of aromatic nitrogens is 1. The van der Waals surface area contributed by atoms with Gasteiger partial charge in [-0.15, -0.1) is 0 Å². The monoisotopic (exact) mass is 344 g/mol. The fourth-order valence-corrected chi connectivity index (χ4v) is 1.83. The molecule has 2 rings (SSSR count). The molecule has 0 aliphatic heterocycles. The van der Waals surface area contributed by atoms with Crippen LogP contribution in [0.3, 0.4) is 0 Å². The van der Waals surface area contributed by atoms with E-state index in [1.807, 2.05) is 0 Å². The number of carbonyl (C=O) groups is 2. The first-order valence-electron chi connectivity index (χ1n) is 6.05. The van der Waals surface area contributed by atoms with E-state index in [9.17, 15) is 19.1 Å². The zero-order chi connectivity index (χ0) is 15.4. The number of benzene rings is 1. The van der Waals surface area contributed by atoms with Gasteiger partial charge in [-0.1, -0.05) is 12.1 Å². The van der Waals surface area contributed by atoms with Gasteiger partial charge in [0.15, 0.2) is 0 Å². The van der Waals surface area contributed by atoms with Gasteiger partial charge < -0.3 is 14.8 Å². The van der Waals surface area contributed by atoms with Gasteiger partial charge in [0.25, 0.3) is 5.78 Å². The Balaban J connectivity index is 0.00000242. The molecule has 0 amide bonds. The minimum Gasteiger partial charge on any atom is -0.506 e. The predicted molar refractivity (Wildman–Crippen MR) is 73.2 cm³/mol. The first-order valence-corrected chi connectivity index (χ1v) is 6.05. The number of carbonyl (C=O) groups excluding carboxylic acids is 1. The topological polar surface area (TPSA) is 79.5 Å². The van der Waals surface area contributed by atoms with Crippen molar-refractivity contribution in [2.24, 2.45) is 0 Å². The molecule has 1 heterocycles. The number of aliphatic hydroxyl groups is 1. The van der Waals surface area contributed by atoms with Gasteiger partial charge >= 0.3 is 5.97 Å². The van der Waals surface area contributed by atoms with E-state index < -0.39 is 17.5 Å². The molecule has 0 aliphatic carbocycles. The number of carboxylic acids is 1.